The van der Waals surface area contributed by atoms with Crippen LogP contribution in [0.5, 0.6) is 0 Å². The molecule has 0 rings (SSSR count). The molecule has 0 atom stereocenters. The van der Waals surface area contributed by atoms with E-state index < -0.39 is 3.79 Å². The maximum Gasteiger partial charge on any atom is 0.245 e. The molecule has 0 saturated carbocycles. The zero-order valence-corrected chi connectivity index (χ0v) is 8.50. The lowest BCUT2D eigenvalue weighted by atomic mass is 10.4. The molecule has 0 aliphatic rings. The Morgan fingerprint density at radius 3 is 1.64 bits per heavy atom. The number of halogens is 3. The topological polar surface area (TPSA) is 34.1 Å². The predicted molar refractivity (Wildman–Crippen MR) is 47.3 cm³/mol. The van der Waals surface area contributed by atoms with Crippen molar-refractivity contribution in [2.24, 2.45) is 0 Å². The van der Waals surface area contributed by atoms with Gasteiger partial charge in [-0.05, 0) is 6.92 Å². The average Bonchev–Trinajstić information content (AvgIpc) is 1.88. The van der Waals surface area contributed by atoms with Crippen LogP contribution in [0.25, 0.3) is 0 Å². The maximum absolute atomic E-state index is 9.81. The first kappa shape index (κ1) is 13.8. The summed E-state index contributed by atoms with van der Waals surface area (Å²) in [5, 5.41) is 0. The molecule has 0 unspecified atom stereocenters. The van der Waals surface area contributed by atoms with Crippen molar-refractivity contribution in [3.63, 3.8) is 0 Å². The van der Waals surface area contributed by atoms with Crippen molar-refractivity contribution >= 4 is 46.9 Å². The van der Waals surface area contributed by atoms with Crippen LogP contribution in [0.3, 0.4) is 0 Å². The second kappa shape index (κ2) is 6.89. The molecule has 0 aliphatic heterocycles. The van der Waals surface area contributed by atoms with Gasteiger partial charge in [-0.1, -0.05) is 41.7 Å². The minimum Gasteiger partial charge on any atom is -0.300 e. The number of alkyl halides is 3. The fourth-order valence-electron chi connectivity index (χ4n) is 0. The van der Waals surface area contributed by atoms with Crippen LogP contribution >= 0.6 is 34.8 Å². The summed E-state index contributed by atoms with van der Waals surface area (Å²) in [4.78, 5) is 19.2. The van der Waals surface area contributed by atoms with E-state index >= 15 is 0 Å². The Morgan fingerprint density at radius 1 is 1.45 bits per heavy atom. The third kappa shape index (κ3) is 25.4. The van der Waals surface area contributed by atoms with Crippen molar-refractivity contribution in [1.82, 2.24) is 0 Å². The molecular weight excluding hydrogens is 210 g/mol. The Bertz CT molecular complexity index is 128. The minimum atomic E-state index is -1.72. The third-order valence-corrected chi connectivity index (χ3v) is 0.899. The van der Waals surface area contributed by atoms with Crippen molar-refractivity contribution in [2.75, 3.05) is 0 Å². The Kier molecular flexibility index (Phi) is 8.63. The van der Waals surface area contributed by atoms with Gasteiger partial charge in [-0.2, -0.15) is 0 Å². The highest BCUT2D eigenvalue weighted by atomic mass is 35.6. The number of Topliss-reactive ketones (excluding diaryl/α,β-unsaturated/α-hetero) is 1. The van der Waals surface area contributed by atoms with Gasteiger partial charge >= 0.3 is 0 Å². The van der Waals surface area contributed by atoms with Crippen LogP contribution in [-0.4, -0.2) is 15.9 Å². The van der Waals surface area contributed by atoms with Gasteiger partial charge in [0.05, 0.1) is 0 Å². The average molecular weight is 219 g/mol. The summed E-state index contributed by atoms with van der Waals surface area (Å²) in [6.07, 6.45) is 0.900. The van der Waals surface area contributed by atoms with Crippen LogP contribution in [0.1, 0.15) is 20.3 Å². The molecular formula is C6H9Cl3O2. The number of carbonyl (C=O) groups excluding carboxylic acids is 2. The van der Waals surface area contributed by atoms with Crippen LogP contribution in [0.2, 0.25) is 0 Å². The van der Waals surface area contributed by atoms with E-state index in [0.717, 1.165) is 0 Å². The Morgan fingerprint density at radius 2 is 1.64 bits per heavy atom. The van der Waals surface area contributed by atoms with Gasteiger partial charge in [-0.15, -0.1) is 0 Å². The van der Waals surface area contributed by atoms with Crippen molar-refractivity contribution in [2.45, 2.75) is 24.1 Å². The summed E-state index contributed by atoms with van der Waals surface area (Å²) in [6, 6.07) is 0. The molecule has 0 amide bonds. The predicted octanol–water partition coefficient (Wildman–Crippen LogP) is 2.54. The van der Waals surface area contributed by atoms with E-state index in [0.29, 0.717) is 6.42 Å². The summed E-state index contributed by atoms with van der Waals surface area (Å²) in [5.41, 5.74) is 0. The van der Waals surface area contributed by atoms with Gasteiger partial charge in [0.15, 0.2) is 6.29 Å². The Balaban J connectivity index is 0. The number of carbonyl (C=O) groups is 2. The maximum atomic E-state index is 9.81. The van der Waals surface area contributed by atoms with Crippen LogP contribution in [0, 0.1) is 0 Å². The lowest BCUT2D eigenvalue weighted by molar-refractivity contribution is -0.116. The van der Waals surface area contributed by atoms with Gasteiger partial charge in [0.1, 0.15) is 5.78 Å². The van der Waals surface area contributed by atoms with E-state index in [-0.39, 0.29) is 12.1 Å². The smallest absolute Gasteiger partial charge is 0.245 e. The summed E-state index contributed by atoms with van der Waals surface area (Å²) in [5.74, 6) is 0.255. The van der Waals surface area contributed by atoms with Crippen molar-refractivity contribution in [1.29, 1.82) is 0 Å². The largest absolute Gasteiger partial charge is 0.300 e. The second-order valence-electron chi connectivity index (χ2n) is 1.72. The summed E-state index contributed by atoms with van der Waals surface area (Å²) >= 11 is 14.6. The van der Waals surface area contributed by atoms with Gasteiger partial charge in [0.2, 0.25) is 3.79 Å². The molecule has 2 nitrogen and oxygen atoms in total. The second-order valence-corrected chi connectivity index (χ2v) is 4.08. The van der Waals surface area contributed by atoms with E-state index in [1.54, 1.807) is 6.92 Å². The molecule has 0 spiro atoms. The highest BCUT2D eigenvalue weighted by molar-refractivity contribution is 6.74. The first-order valence-corrected chi connectivity index (χ1v) is 3.99. The molecule has 0 fully saturated rings. The first-order chi connectivity index (χ1) is 4.83. The molecule has 66 valence electrons. The number of aldehydes is 1. The third-order valence-electron chi connectivity index (χ3n) is 0.632. The quantitative estimate of drug-likeness (QED) is 0.502. The van der Waals surface area contributed by atoms with E-state index in [9.17, 15) is 9.59 Å². The Labute approximate surface area is 80.8 Å². The zero-order valence-electron chi connectivity index (χ0n) is 6.23. The molecule has 0 aliphatic carbocycles. The van der Waals surface area contributed by atoms with Crippen LogP contribution in [0.15, 0.2) is 0 Å². The molecule has 0 heterocycles. The van der Waals surface area contributed by atoms with E-state index in [1.807, 2.05) is 6.92 Å². The van der Waals surface area contributed by atoms with Crippen LogP contribution < -0.4 is 0 Å². The van der Waals surface area contributed by atoms with Gasteiger partial charge < -0.3 is 4.79 Å². The molecule has 0 N–H and O–H groups in total. The molecule has 0 saturated heterocycles. The van der Waals surface area contributed by atoms with Crippen LogP contribution in [-0.2, 0) is 9.59 Å². The van der Waals surface area contributed by atoms with Crippen molar-refractivity contribution in [3.05, 3.63) is 0 Å². The number of ketones is 1. The summed E-state index contributed by atoms with van der Waals surface area (Å²) in [7, 11) is 0. The van der Waals surface area contributed by atoms with Gasteiger partial charge in [0.25, 0.3) is 0 Å². The minimum absolute atomic E-state index is 0.234. The van der Waals surface area contributed by atoms with Gasteiger partial charge in [-0.25, -0.2) is 0 Å². The fourth-order valence-corrected chi connectivity index (χ4v) is 0. The summed E-state index contributed by atoms with van der Waals surface area (Å²) < 4.78 is -1.72. The molecule has 0 aromatic heterocycles. The molecule has 0 bridgehead atoms. The normalized spacial score (nSPS) is 9.55. The van der Waals surface area contributed by atoms with Gasteiger partial charge in [0, 0.05) is 6.42 Å². The SMILES string of the molecule is CCC(C)=O.O=CC(Cl)(Cl)Cl. The Hall–Kier alpha value is 0.210. The zero-order chi connectivity index (χ0) is 9.49. The molecule has 0 aromatic rings. The fraction of sp³-hybridized carbons (Fsp3) is 0.667. The number of rotatable bonds is 1. The molecule has 11 heavy (non-hydrogen) atoms. The highest BCUT2D eigenvalue weighted by Crippen LogP contribution is 2.21. The summed E-state index contributed by atoms with van der Waals surface area (Å²) in [6.45, 7) is 3.43. The van der Waals surface area contributed by atoms with Crippen LogP contribution in [0.4, 0.5) is 0 Å². The first-order valence-electron chi connectivity index (χ1n) is 2.86. The van der Waals surface area contributed by atoms with E-state index in [1.165, 1.54) is 0 Å². The molecule has 0 aromatic carbocycles. The standard InChI is InChI=1S/C4H8O.C2HCl3O/c1-3-4(2)5;3-2(4,5)1-6/h3H2,1-2H3;1H. The lowest BCUT2D eigenvalue weighted by Gasteiger charge is -1.93. The monoisotopic (exact) mass is 218 g/mol. The van der Waals surface area contributed by atoms with E-state index in [4.69, 9.17) is 34.8 Å². The number of hydrogen-bond acceptors (Lipinski definition) is 2. The molecule has 0 radical (unpaired) electrons. The lowest BCUT2D eigenvalue weighted by Crippen LogP contribution is -2.00. The molecule has 5 heteroatoms. The number of hydrogen-bond donors (Lipinski definition) is 0. The van der Waals surface area contributed by atoms with E-state index in [2.05, 4.69) is 0 Å². The highest BCUT2D eigenvalue weighted by Gasteiger charge is 2.16. The van der Waals surface area contributed by atoms with Gasteiger partial charge in [-0.3, -0.25) is 4.79 Å². The van der Waals surface area contributed by atoms with Crippen molar-refractivity contribution < 1.29 is 9.59 Å². The van der Waals surface area contributed by atoms with Crippen molar-refractivity contribution in [3.8, 4) is 0 Å².